The van der Waals surface area contributed by atoms with E-state index in [4.69, 9.17) is 0 Å². The summed E-state index contributed by atoms with van der Waals surface area (Å²) in [6, 6.07) is 9.71. The minimum absolute atomic E-state index is 0.307. The quantitative estimate of drug-likeness (QED) is 0.827. The monoisotopic (exact) mass is 272 g/mol. The summed E-state index contributed by atoms with van der Waals surface area (Å²) in [6.45, 7) is 3.70. The van der Waals surface area contributed by atoms with E-state index in [9.17, 15) is 4.79 Å². The van der Waals surface area contributed by atoms with Crippen molar-refractivity contribution in [3.05, 3.63) is 35.4 Å². The zero-order valence-electron chi connectivity index (χ0n) is 12.3. The van der Waals surface area contributed by atoms with Gasteiger partial charge in [-0.05, 0) is 38.2 Å². The zero-order valence-corrected chi connectivity index (χ0v) is 12.3. The number of aryl methyl sites for hydroxylation is 1. The molecule has 2 aliphatic rings. The molecule has 0 heterocycles. The van der Waals surface area contributed by atoms with Crippen LogP contribution in [0.5, 0.6) is 0 Å². The maximum atomic E-state index is 12.4. The summed E-state index contributed by atoms with van der Waals surface area (Å²) in [4.78, 5) is 14.5. The number of carbonyl (C=O) groups is 1. The highest BCUT2D eigenvalue weighted by Gasteiger charge is 2.32. The SMILES string of the molecule is Cc1ccc(CN(C(=O)CCNC2CC2)C2CC2)cc1. The van der Waals surface area contributed by atoms with Crippen LogP contribution >= 0.6 is 0 Å². The van der Waals surface area contributed by atoms with E-state index in [0.29, 0.717) is 24.4 Å². The Kier molecular flexibility index (Phi) is 4.06. The van der Waals surface area contributed by atoms with Gasteiger partial charge in [-0.25, -0.2) is 0 Å². The number of carbonyl (C=O) groups excluding carboxylic acids is 1. The summed E-state index contributed by atoms with van der Waals surface area (Å²) < 4.78 is 0. The van der Waals surface area contributed by atoms with Crippen LogP contribution in [-0.2, 0) is 11.3 Å². The second-order valence-electron chi connectivity index (χ2n) is 6.22. The molecule has 3 rings (SSSR count). The standard InChI is InChI=1S/C17H24N2O/c1-13-2-4-14(5-3-13)12-19(16-8-9-16)17(20)10-11-18-15-6-7-15/h2-5,15-16,18H,6-12H2,1H3. The number of hydrogen-bond donors (Lipinski definition) is 1. The van der Waals surface area contributed by atoms with Gasteiger partial charge in [0, 0.05) is 31.6 Å². The molecule has 2 aliphatic carbocycles. The first-order valence-corrected chi connectivity index (χ1v) is 7.81. The molecule has 108 valence electrons. The summed E-state index contributed by atoms with van der Waals surface area (Å²) in [5.41, 5.74) is 2.51. The Bertz CT molecular complexity index is 460. The van der Waals surface area contributed by atoms with Gasteiger partial charge in [0.1, 0.15) is 0 Å². The average Bonchev–Trinajstić information content (AvgIpc) is 3.31. The fourth-order valence-corrected chi connectivity index (χ4v) is 2.51. The normalized spacial score (nSPS) is 18.1. The first-order chi connectivity index (χ1) is 9.72. The predicted molar refractivity (Wildman–Crippen MR) is 80.4 cm³/mol. The van der Waals surface area contributed by atoms with E-state index in [1.165, 1.54) is 36.8 Å². The average molecular weight is 272 g/mol. The van der Waals surface area contributed by atoms with Crippen LogP contribution in [0, 0.1) is 6.92 Å². The van der Waals surface area contributed by atoms with Crippen molar-refractivity contribution in [3.63, 3.8) is 0 Å². The zero-order chi connectivity index (χ0) is 13.9. The third kappa shape index (κ3) is 3.83. The molecule has 0 bridgehead atoms. The predicted octanol–water partition coefficient (Wildman–Crippen LogP) is 2.63. The van der Waals surface area contributed by atoms with Crippen molar-refractivity contribution in [2.45, 2.75) is 57.7 Å². The Morgan fingerprint density at radius 2 is 1.90 bits per heavy atom. The fourth-order valence-electron chi connectivity index (χ4n) is 2.51. The van der Waals surface area contributed by atoms with Crippen molar-refractivity contribution in [2.75, 3.05) is 6.54 Å². The molecule has 3 nitrogen and oxygen atoms in total. The van der Waals surface area contributed by atoms with Gasteiger partial charge in [0.2, 0.25) is 5.91 Å². The maximum Gasteiger partial charge on any atom is 0.224 e. The Morgan fingerprint density at radius 3 is 2.50 bits per heavy atom. The first-order valence-electron chi connectivity index (χ1n) is 7.81. The Morgan fingerprint density at radius 1 is 1.20 bits per heavy atom. The molecule has 3 heteroatoms. The van der Waals surface area contributed by atoms with Crippen LogP contribution in [-0.4, -0.2) is 29.4 Å². The van der Waals surface area contributed by atoms with Gasteiger partial charge in [-0.2, -0.15) is 0 Å². The number of hydrogen-bond acceptors (Lipinski definition) is 2. The lowest BCUT2D eigenvalue weighted by atomic mass is 10.1. The van der Waals surface area contributed by atoms with E-state index < -0.39 is 0 Å². The van der Waals surface area contributed by atoms with Crippen LogP contribution in [0.3, 0.4) is 0 Å². The lowest BCUT2D eigenvalue weighted by molar-refractivity contribution is -0.132. The van der Waals surface area contributed by atoms with Crippen LogP contribution in [0.4, 0.5) is 0 Å². The van der Waals surface area contributed by atoms with Gasteiger partial charge < -0.3 is 10.2 Å². The van der Waals surface area contributed by atoms with Crippen LogP contribution in [0.1, 0.15) is 43.2 Å². The van der Waals surface area contributed by atoms with Crippen molar-refractivity contribution < 1.29 is 4.79 Å². The Labute approximate surface area is 121 Å². The van der Waals surface area contributed by atoms with Gasteiger partial charge in [0.05, 0.1) is 0 Å². The first kappa shape index (κ1) is 13.6. The third-order valence-corrected chi connectivity index (χ3v) is 4.13. The summed E-state index contributed by atoms with van der Waals surface area (Å²) in [5.74, 6) is 0.307. The van der Waals surface area contributed by atoms with Crippen molar-refractivity contribution in [1.29, 1.82) is 0 Å². The lowest BCUT2D eigenvalue weighted by Gasteiger charge is -2.23. The maximum absolute atomic E-state index is 12.4. The molecule has 0 aliphatic heterocycles. The summed E-state index contributed by atoms with van der Waals surface area (Å²) in [6.07, 6.45) is 5.55. The molecule has 2 fully saturated rings. The fraction of sp³-hybridized carbons (Fsp3) is 0.588. The van der Waals surface area contributed by atoms with Gasteiger partial charge in [-0.15, -0.1) is 0 Å². The smallest absolute Gasteiger partial charge is 0.224 e. The van der Waals surface area contributed by atoms with Crippen LogP contribution in [0.25, 0.3) is 0 Å². The molecule has 1 amide bonds. The molecule has 0 unspecified atom stereocenters. The van der Waals surface area contributed by atoms with Crippen molar-refractivity contribution in [3.8, 4) is 0 Å². The van der Waals surface area contributed by atoms with Crippen molar-refractivity contribution in [1.82, 2.24) is 10.2 Å². The van der Waals surface area contributed by atoms with E-state index >= 15 is 0 Å². The van der Waals surface area contributed by atoms with E-state index in [1.54, 1.807) is 0 Å². The molecule has 1 N–H and O–H groups in total. The second-order valence-corrected chi connectivity index (χ2v) is 6.22. The highest BCUT2D eigenvalue weighted by atomic mass is 16.2. The molecular weight excluding hydrogens is 248 g/mol. The topological polar surface area (TPSA) is 32.3 Å². The molecule has 0 spiro atoms. The highest BCUT2D eigenvalue weighted by Crippen LogP contribution is 2.29. The molecule has 0 atom stereocenters. The summed E-state index contributed by atoms with van der Waals surface area (Å²) in [5, 5.41) is 3.43. The number of nitrogens with zero attached hydrogens (tertiary/aromatic N) is 1. The molecule has 0 radical (unpaired) electrons. The van der Waals surface area contributed by atoms with Gasteiger partial charge in [-0.3, -0.25) is 4.79 Å². The molecule has 0 aromatic heterocycles. The van der Waals surface area contributed by atoms with Crippen LogP contribution in [0.15, 0.2) is 24.3 Å². The second kappa shape index (κ2) is 5.96. The van der Waals surface area contributed by atoms with E-state index in [-0.39, 0.29) is 0 Å². The summed E-state index contributed by atoms with van der Waals surface area (Å²) >= 11 is 0. The minimum Gasteiger partial charge on any atom is -0.335 e. The van der Waals surface area contributed by atoms with Gasteiger partial charge in [0.15, 0.2) is 0 Å². The highest BCUT2D eigenvalue weighted by molar-refractivity contribution is 5.77. The van der Waals surface area contributed by atoms with E-state index in [0.717, 1.165) is 13.1 Å². The number of amides is 1. The van der Waals surface area contributed by atoms with E-state index in [2.05, 4.69) is 41.4 Å². The molecule has 20 heavy (non-hydrogen) atoms. The number of nitrogens with one attached hydrogen (secondary N) is 1. The summed E-state index contributed by atoms with van der Waals surface area (Å²) in [7, 11) is 0. The van der Waals surface area contributed by atoms with Gasteiger partial charge >= 0.3 is 0 Å². The molecule has 0 saturated heterocycles. The van der Waals surface area contributed by atoms with E-state index in [1.807, 2.05) is 0 Å². The minimum atomic E-state index is 0.307. The largest absolute Gasteiger partial charge is 0.335 e. The van der Waals surface area contributed by atoms with Crippen LogP contribution in [0.2, 0.25) is 0 Å². The van der Waals surface area contributed by atoms with Crippen LogP contribution < -0.4 is 5.32 Å². The number of benzene rings is 1. The Balaban J connectivity index is 1.53. The van der Waals surface area contributed by atoms with Gasteiger partial charge in [-0.1, -0.05) is 29.8 Å². The molecule has 1 aromatic carbocycles. The third-order valence-electron chi connectivity index (χ3n) is 4.13. The Hall–Kier alpha value is -1.35. The molecular formula is C17H24N2O. The van der Waals surface area contributed by atoms with Crippen molar-refractivity contribution in [2.24, 2.45) is 0 Å². The van der Waals surface area contributed by atoms with Crippen molar-refractivity contribution >= 4 is 5.91 Å². The molecule has 1 aromatic rings. The molecule has 2 saturated carbocycles. The number of rotatable bonds is 7. The van der Waals surface area contributed by atoms with Gasteiger partial charge in [0.25, 0.3) is 0 Å². The lowest BCUT2D eigenvalue weighted by Crippen LogP contribution is -2.34.